The Balaban J connectivity index is 1.73. The van der Waals surface area contributed by atoms with Crippen molar-refractivity contribution in [2.75, 3.05) is 10.0 Å². The van der Waals surface area contributed by atoms with Crippen molar-refractivity contribution in [2.45, 2.75) is 4.90 Å². The molecule has 2 aromatic carbocycles. The number of carbonyl (C=O) groups is 1. The lowest BCUT2D eigenvalue weighted by Gasteiger charge is -2.09. The maximum atomic E-state index is 12.4. The second kappa shape index (κ2) is 7.55. The molecule has 0 aliphatic rings. The van der Waals surface area contributed by atoms with Crippen LogP contribution in [0.5, 0.6) is 0 Å². The normalized spacial score (nSPS) is 11.0. The fourth-order valence-corrected chi connectivity index (χ4v) is 3.42. The minimum Gasteiger partial charge on any atom is -0.321 e. The average molecular weight is 388 g/mol. The Kier molecular flexibility index (Phi) is 5.20. The SMILES string of the molecule is O=C(Nc1ccc(S(=O)(=O)Nc2cccc(Cl)c2)cc1)c1ccccn1. The van der Waals surface area contributed by atoms with Crippen molar-refractivity contribution in [1.82, 2.24) is 4.98 Å². The molecule has 0 radical (unpaired) electrons. The van der Waals surface area contributed by atoms with E-state index in [4.69, 9.17) is 11.6 Å². The second-order valence-corrected chi connectivity index (χ2v) is 7.43. The Hall–Kier alpha value is -2.90. The van der Waals surface area contributed by atoms with Crippen molar-refractivity contribution < 1.29 is 13.2 Å². The summed E-state index contributed by atoms with van der Waals surface area (Å²) in [6.07, 6.45) is 1.52. The number of pyridine rings is 1. The third-order valence-corrected chi connectivity index (χ3v) is 5.03. The molecule has 0 spiro atoms. The van der Waals surface area contributed by atoms with Crippen LogP contribution >= 0.6 is 11.6 Å². The zero-order valence-electron chi connectivity index (χ0n) is 13.4. The predicted molar refractivity (Wildman–Crippen MR) is 101 cm³/mol. The molecule has 0 saturated carbocycles. The molecule has 26 heavy (non-hydrogen) atoms. The number of carbonyl (C=O) groups excluding carboxylic acids is 1. The highest BCUT2D eigenvalue weighted by atomic mass is 35.5. The number of rotatable bonds is 5. The summed E-state index contributed by atoms with van der Waals surface area (Å²) >= 11 is 5.86. The molecule has 1 aromatic heterocycles. The molecule has 3 rings (SSSR count). The largest absolute Gasteiger partial charge is 0.321 e. The quantitative estimate of drug-likeness (QED) is 0.697. The lowest BCUT2D eigenvalue weighted by molar-refractivity contribution is 0.102. The van der Waals surface area contributed by atoms with Crippen LogP contribution in [-0.4, -0.2) is 19.3 Å². The van der Waals surface area contributed by atoms with Gasteiger partial charge in [-0.25, -0.2) is 8.42 Å². The van der Waals surface area contributed by atoms with Crippen molar-refractivity contribution in [1.29, 1.82) is 0 Å². The van der Waals surface area contributed by atoms with Gasteiger partial charge in [-0.1, -0.05) is 23.7 Å². The summed E-state index contributed by atoms with van der Waals surface area (Å²) in [5.41, 5.74) is 1.10. The maximum absolute atomic E-state index is 12.4. The van der Waals surface area contributed by atoms with Gasteiger partial charge in [-0.3, -0.25) is 14.5 Å². The average Bonchev–Trinajstić information content (AvgIpc) is 2.62. The molecular formula is C18H14ClN3O3S. The number of hydrogen-bond acceptors (Lipinski definition) is 4. The van der Waals surface area contributed by atoms with Gasteiger partial charge in [-0.15, -0.1) is 0 Å². The molecule has 1 amide bonds. The van der Waals surface area contributed by atoms with Gasteiger partial charge in [-0.05, 0) is 54.6 Å². The number of benzene rings is 2. The summed E-state index contributed by atoms with van der Waals surface area (Å²) in [4.78, 5) is 16.1. The van der Waals surface area contributed by atoms with E-state index in [1.807, 2.05) is 0 Å². The van der Waals surface area contributed by atoms with E-state index in [1.165, 1.54) is 36.5 Å². The highest BCUT2D eigenvalue weighted by Crippen LogP contribution is 2.20. The molecule has 3 aromatic rings. The van der Waals surface area contributed by atoms with Crippen LogP contribution in [0.15, 0.2) is 77.8 Å². The Morgan fingerprint density at radius 1 is 0.923 bits per heavy atom. The summed E-state index contributed by atoms with van der Waals surface area (Å²) in [6.45, 7) is 0. The Labute approximate surface area is 155 Å². The summed E-state index contributed by atoms with van der Waals surface area (Å²) in [6, 6.07) is 17.2. The molecule has 0 aliphatic heterocycles. The zero-order chi connectivity index (χ0) is 18.6. The first kappa shape index (κ1) is 17.9. The van der Waals surface area contributed by atoms with Crippen LogP contribution in [0.2, 0.25) is 5.02 Å². The summed E-state index contributed by atoms with van der Waals surface area (Å²) in [5, 5.41) is 3.09. The Bertz CT molecular complexity index is 1020. The molecule has 6 nitrogen and oxygen atoms in total. The van der Waals surface area contributed by atoms with Crippen molar-refractivity contribution in [2.24, 2.45) is 0 Å². The molecule has 0 saturated heterocycles. The smallest absolute Gasteiger partial charge is 0.274 e. The van der Waals surface area contributed by atoms with Gasteiger partial charge in [-0.2, -0.15) is 0 Å². The van der Waals surface area contributed by atoms with Gasteiger partial charge < -0.3 is 5.32 Å². The Morgan fingerprint density at radius 3 is 2.35 bits per heavy atom. The number of nitrogens with one attached hydrogen (secondary N) is 2. The first-order valence-electron chi connectivity index (χ1n) is 7.55. The van der Waals surface area contributed by atoms with Crippen LogP contribution in [0, 0.1) is 0 Å². The highest BCUT2D eigenvalue weighted by Gasteiger charge is 2.15. The van der Waals surface area contributed by atoms with Crippen molar-refractivity contribution in [3.05, 3.63) is 83.6 Å². The summed E-state index contributed by atoms with van der Waals surface area (Å²) < 4.78 is 27.3. The summed E-state index contributed by atoms with van der Waals surface area (Å²) in [5.74, 6) is -0.377. The first-order valence-corrected chi connectivity index (χ1v) is 9.41. The monoisotopic (exact) mass is 387 g/mol. The highest BCUT2D eigenvalue weighted by molar-refractivity contribution is 7.92. The van der Waals surface area contributed by atoms with E-state index in [0.717, 1.165) is 0 Å². The van der Waals surface area contributed by atoms with Gasteiger partial charge in [0.1, 0.15) is 5.69 Å². The fraction of sp³-hybridized carbons (Fsp3) is 0. The third-order valence-electron chi connectivity index (χ3n) is 3.40. The molecular weight excluding hydrogens is 374 g/mol. The molecule has 2 N–H and O–H groups in total. The maximum Gasteiger partial charge on any atom is 0.274 e. The van der Waals surface area contributed by atoms with Crippen LogP contribution in [0.4, 0.5) is 11.4 Å². The Morgan fingerprint density at radius 2 is 1.69 bits per heavy atom. The molecule has 1 heterocycles. The standard InChI is InChI=1S/C18H14ClN3O3S/c19-13-4-3-5-15(12-13)22-26(24,25)16-9-7-14(8-10-16)21-18(23)17-6-1-2-11-20-17/h1-12,22H,(H,21,23). The lowest BCUT2D eigenvalue weighted by atomic mass is 10.3. The van der Waals surface area contributed by atoms with E-state index >= 15 is 0 Å². The number of nitrogens with zero attached hydrogens (tertiary/aromatic N) is 1. The molecule has 0 aliphatic carbocycles. The number of anilines is 2. The number of amides is 1. The molecule has 0 atom stereocenters. The van der Waals surface area contributed by atoms with E-state index in [0.29, 0.717) is 16.4 Å². The molecule has 8 heteroatoms. The molecule has 0 fully saturated rings. The minimum atomic E-state index is -3.76. The topological polar surface area (TPSA) is 88.2 Å². The minimum absolute atomic E-state index is 0.0633. The van der Waals surface area contributed by atoms with Crippen LogP contribution in [0.1, 0.15) is 10.5 Å². The van der Waals surface area contributed by atoms with E-state index in [2.05, 4.69) is 15.0 Å². The van der Waals surface area contributed by atoms with Crippen molar-refractivity contribution in [3.63, 3.8) is 0 Å². The number of hydrogen-bond donors (Lipinski definition) is 2. The number of aromatic nitrogens is 1. The van der Waals surface area contributed by atoms with E-state index < -0.39 is 10.0 Å². The number of halogens is 1. The van der Waals surface area contributed by atoms with Crippen molar-refractivity contribution in [3.8, 4) is 0 Å². The molecule has 0 bridgehead atoms. The van der Waals surface area contributed by atoms with Gasteiger partial charge in [0.15, 0.2) is 0 Å². The van der Waals surface area contributed by atoms with E-state index in [1.54, 1.807) is 36.4 Å². The lowest BCUT2D eigenvalue weighted by Crippen LogP contribution is -2.14. The van der Waals surface area contributed by atoms with Gasteiger partial charge in [0.05, 0.1) is 10.6 Å². The predicted octanol–water partition coefficient (Wildman–Crippen LogP) is 3.79. The van der Waals surface area contributed by atoms with Gasteiger partial charge >= 0.3 is 0 Å². The fourth-order valence-electron chi connectivity index (χ4n) is 2.18. The van der Waals surface area contributed by atoms with Crippen LogP contribution in [0.25, 0.3) is 0 Å². The van der Waals surface area contributed by atoms with Crippen LogP contribution < -0.4 is 10.0 Å². The van der Waals surface area contributed by atoms with Gasteiger partial charge in [0.25, 0.3) is 15.9 Å². The van der Waals surface area contributed by atoms with E-state index in [9.17, 15) is 13.2 Å². The van der Waals surface area contributed by atoms with Gasteiger partial charge in [0.2, 0.25) is 0 Å². The number of sulfonamides is 1. The molecule has 132 valence electrons. The van der Waals surface area contributed by atoms with Gasteiger partial charge in [0, 0.05) is 16.9 Å². The third kappa shape index (κ3) is 4.38. The molecule has 0 unspecified atom stereocenters. The van der Waals surface area contributed by atoms with Crippen molar-refractivity contribution >= 4 is 38.9 Å². The summed E-state index contributed by atoms with van der Waals surface area (Å²) in [7, 11) is -3.76. The van der Waals surface area contributed by atoms with Crippen LogP contribution in [-0.2, 0) is 10.0 Å². The second-order valence-electron chi connectivity index (χ2n) is 5.31. The first-order chi connectivity index (χ1) is 12.4. The van der Waals surface area contributed by atoms with E-state index in [-0.39, 0.29) is 16.5 Å². The zero-order valence-corrected chi connectivity index (χ0v) is 15.0. The van der Waals surface area contributed by atoms with Crippen LogP contribution in [0.3, 0.4) is 0 Å².